The Kier molecular flexibility index (Phi) is 5.40. The number of para-hydroxylation sites is 1. The van der Waals surface area contributed by atoms with Crippen molar-refractivity contribution in [3.8, 4) is 0 Å². The zero-order chi connectivity index (χ0) is 16.3. The van der Waals surface area contributed by atoms with Crippen molar-refractivity contribution < 1.29 is 14.3 Å². The Labute approximate surface area is 127 Å². The van der Waals surface area contributed by atoms with Crippen LogP contribution >= 0.6 is 0 Å². The number of hydrogen-bond donors (Lipinski definition) is 1. The fraction of sp³-hybridized carbons (Fsp3) is 0.588. The number of hydrogen-bond acceptors (Lipinski definition) is 4. The number of anilines is 1. The largest absolute Gasteiger partial charge is 0.458 e. The van der Waals surface area contributed by atoms with Crippen LogP contribution in [-0.2, 0) is 20.7 Å². The highest BCUT2D eigenvalue weighted by molar-refractivity contribution is 5.76. The van der Waals surface area contributed by atoms with Gasteiger partial charge in [-0.05, 0) is 53.2 Å². The second-order valence-electron chi connectivity index (χ2n) is 7.16. The van der Waals surface area contributed by atoms with Gasteiger partial charge < -0.3 is 15.2 Å². The topological polar surface area (TPSA) is 61.5 Å². The van der Waals surface area contributed by atoms with E-state index in [2.05, 4.69) is 0 Å². The molecule has 0 spiro atoms. The fourth-order valence-electron chi connectivity index (χ4n) is 1.89. The number of esters is 1. The second-order valence-corrected chi connectivity index (χ2v) is 7.16. The maximum Gasteiger partial charge on any atom is 0.336 e. The highest BCUT2D eigenvalue weighted by Crippen LogP contribution is 2.21. The first kappa shape index (κ1) is 17.5. The summed E-state index contributed by atoms with van der Waals surface area (Å²) in [5.41, 5.74) is 6.51. The standard InChI is InChI=1S/C17H27NO3/c1-16(2,3)20-14(15(19)21-17(4,5)6)11-12-9-7-8-10-13(12)18/h7-10,14H,11,18H2,1-6H3/t14-/m0/s1. The van der Waals surface area contributed by atoms with Crippen LogP contribution in [0.5, 0.6) is 0 Å². The minimum absolute atomic E-state index is 0.360. The van der Waals surface area contributed by atoms with E-state index in [4.69, 9.17) is 15.2 Å². The molecule has 1 atom stereocenters. The van der Waals surface area contributed by atoms with Crippen LogP contribution in [0.15, 0.2) is 24.3 Å². The molecule has 2 N–H and O–H groups in total. The first-order valence-electron chi connectivity index (χ1n) is 7.22. The zero-order valence-electron chi connectivity index (χ0n) is 13.9. The van der Waals surface area contributed by atoms with Crippen molar-refractivity contribution in [2.45, 2.75) is 65.3 Å². The van der Waals surface area contributed by atoms with E-state index >= 15 is 0 Å². The molecule has 0 unspecified atom stereocenters. The van der Waals surface area contributed by atoms with Gasteiger partial charge in [-0.25, -0.2) is 4.79 Å². The molecule has 0 amide bonds. The highest BCUT2D eigenvalue weighted by Gasteiger charge is 2.30. The molecular formula is C17H27NO3. The summed E-state index contributed by atoms with van der Waals surface area (Å²) in [5, 5.41) is 0. The molecule has 21 heavy (non-hydrogen) atoms. The van der Waals surface area contributed by atoms with Gasteiger partial charge in [0, 0.05) is 12.1 Å². The predicted octanol–water partition coefficient (Wildman–Crippen LogP) is 3.34. The third-order valence-electron chi connectivity index (χ3n) is 2.63. The predicted molar refractivity (Wildman–Crippen MR) is 85.0 cm³/mol. The Balaban J connectivity index is 2.92. The minimum Gasteiger partial charge on any atom is -0.458 e. The van der Waals surface area contributed by atoms with Crippen LogP contribution in [0.1, 0.15) is 47.1 Å². The summed E-state index contributed by atoms with van der Waals surface area (Å²) in [6, 6.07) is 7.48. The van der Waals surface area contributed by atoms with Crippen LogP contribution in [-0.4, -0.2) is 23.3 Å². The van der Waals surface area contributed by atoms with Gasteiger partial charge in [-0.1, -0.05) is 18.2 Å². The third kappa shape index (κ3) is 6.63. The summed E-state index contributed by atoms with van der Waals surface area (Å²) in [5.74, 6) is -0.360. The normalized spacial score (nSPS) is 13.8. The molecule has 1 aromatic rings. The summed E-state index contributed by atoms with van der Waals surface area (Å²) in [4.78, 5) is 12.4. The van der Waals surface area contributed by atoms with Crippen LogP contribution in [0.2, 0.25) is 0 Å². The number of nitrogens with two attached hydrogens (primary N) is 1. The van der Waals surface area contributed by atoms with Crippen molar-refractivity contribution in [2.24, 2.45) is 0 Å². The molecule has 4 heteroatoms. The van der Waals surface area contributed by atoms with E-state index in [9.17, 15) is 4.79 Å². The lowest BCUT2D eigenvalue weighted by atomic mass is 10.0. The summed E-state index contributed by atoms with van der Waals surface area (Å²) in [6.45, 7) is 11.3. The van der Waals surface area contributed by atoms with Gasteiger partial charge in [0.2, 0.25) is 0 Å². The van der Waals surface area contributed by atoms with Gasteiger partial charge in [0.15, 0.2) is 6.10 Å². The van der Waals surface area contributed by atoms with Crippen molar-refractivity contribution in [2.75, 3.05) is 5.73 Å². The lowest BCUT2D eigenvalue weighted by Gasteiger charge is -2.29. The van der Waals surface area contributed by atoms with Crippen molar-refractivity contribution in [1.29, 1.82) is 0 Å². The van der Waals surface area contributed by atoms with Gasteiger partial charge >= 0.3 is 5.97 Å². The molecule has 0 aliphatic carbocycles. The fourth-order valence-corrected chi connectivity index (χ4v) is 1.89. The lowest BCUT2D eigenvalue weighted by Crippen LogP contribution is -2.39. The Hall–Kier alpha value is -1.55. The number of rotatable bonds is 4. The van der Waals surface area contributed by atoms with Crippen LogP contribution in [0.25, 0.3) is 0 Å². The van der Waals surface area contributed by atoms with E-state index < -0.39 is 17.3 Å². The van der Waals surface area contributed by atoms with Crippen molar-refractivity contribution in [1.82, 2.24) is 0 Å². The Bertz CT molecular complexity index is 484. The quantitative estimate of drug-likeness (QED) is 0.683. The summed E-state index contributed by atoms with van der Waals surface area (Å²) in [6.07, 6.45) is -0.271. The van der Waals surface area contributed by atoms with Gasteiger partial charge in [0.1, 0.15) is 5.60 Å². The molecule has 0 bridgehead atoms. The van der Waals surface area contributed by atoms with Gasteiger partial charge in [0.05, 0.1) is 5.60 Å². The van der Waals surface area contributed by atoms with E-state index in [0.717, 1.165) is 5.56 Å². The monoisotopic (exact) mass is 293 g/mol. The summed E-state index contributed by atoms with van der Waals surface area (Å²) >= 11 is 0. The molecule has 0 fully saturated rings. The van der Waals surface area contributed by atoms with Gasteiger partial charge in [0.25, 0.3) is 0 Å². The SMILES string of the molecule is CC(C)(C)OC(=O)[C@H](Cc1ccccc1N)OC(C)(C)C. The maximum atomic E-state index is 12.4. The van der Waals surface area contributed by atoms with Gasteiger partial charge in [-0.15, -0.1) is 0 Å². The molecule has 0 aliphatic heterocycles. The van der Waals surface area contributed by atoms with Crippen molar-refractivity contribution in [3.63, 3.8) is 0 Å². The molecule has 0 aromatic heterocycles. The van der Waals surface area contributed by atoms with E-state index in [0.29, 0.717) is 12.1 Å². The smallest absolute Gasteiger partial charge is 0.336 e. The molecular weight excluding hydrogens is 266 g/mol. The molecule has 0 radical (unpaired) electrons. The molecule has 0 saturated carbocycles. The van der Waals surface area contributed by atoms with Crippen LogP contribution in [0, 0.1) is 0 Å². The van der Waals surface area contributed by atoms with Crippen molar-refractivity contribution in [3.05, 3.63) is 29.8 Å². The number of ether oxygens (including phenoxy) is 2. The minimum atomic E-state index is -0.672. The Morgan fingerprint density at radius 3 is 2.14 bits per heavy atom. The molecule has 0 saturated heterocycles. The first-order chi connectivity index (χ1) is 9.48. The molecule has 1 aromatic carbocycles. The lowest BCUT2D eigenvalue weighted by molar-refractivity contribution is -0.177. The highest BCUT2D eigenvalue weighted by atomic mass is 16.6. The molecule has 1 rings (SSSR count). The number of nitrogen functional groups attached to an aromatic ring is 1. The number of carbonyl (C=O) groups excluding carboxylic acids is 1. The number of benzene rings is 1. The van der Waals surface area contributed by atoms with E-state index in [1.165, 1.54) is 0 Å². The van der Waals surface area contributed by atoms with Gasteiger partial charge in [-0.2, -0.15) is 0 Å². The first-order valence-corrected chi connectivity index (χ1v) is 7.22. The van der Waals surface area contributed by atoms with Crippen molar-refractivity contribution >= 4 is 11.7 Å². The number of carbonyl (C=O) groups is 1. The van der Waals surface area contributed by atoms with E-state index in [1.54, 1.807) is 0 Å². The van der Waals surface area contributed by atoms with Crippen LogP contribution < -0.4 is 5.73 Å². The second kappa shape index (κ2) is 6.48. The van der Waals surface area contributed by atoms with Crippen LogP contribution in [0.3, 0.4) is 0 Å². The van der Waals surface area contributed by atoms with Crippen LogP contribution in [0.4, 0.5) is 5.69 Å². The Morgan fingerprint density at radius 1 is 1.10 bits per heavy atom. The summed E-state index contributed by atoms with van der Waals surface area (Å²) < 4.78 is 11.3. The summed E-state index contributed by atoms with van der Waals surface area (Å²) in [7, 11) is 0. The van der Waals surface area contributed by atoms with E-state index in [-0.39, 0.29) is 5.97 Å². The molecule has 0 aliphatic rings. The zero-order valence-corrected chi connectivity index (χ0v) is 13.9. The third-order valence-corrected chi connectivity index (χ3v) is 2.63. The molecule has 4 nitrogen and oxygen atoms in total. The molecule has 118 valence electrons. The maximum absolute atomic E-state index is 12.4. The average Bonchev–Trinajstić information content (AvgIpc) is 2.27. The Morgan fingerprint density at radius 2 is 1.67 bits per heavy atom. The van der Waals surface area contributed by atoms with E-state index in [1.807, 2.05) is 65.8 Å². The molecule has 0 heterocycles. The average molecular weight is 293 g/mol. The van der Waals surface area contributed by atoms with Gasteiger partial charge in [-0.3, -0.25) is 0 Å².